The molecule has 1 atom stereocenters. The van der Waals surface area contributed by atoms with Gasteiger partial charge in [0.2, 0.25) is 5.91 Å². The molecule has 2 aromatic rings. The molecule has 1 aliphatic rings. The molecule has 1 heterocycles. The van der Waals surface area contributed by atoms with Crippen molar-refractivity contribution in [2.45, 2.75) is 38.5 Å². The van der Waals surface area contributed by atoms with Gasteiger partial charge in [-0.15, -0.1) is 0 Å². The Morgan fingerprint density at radius 1 is 1.04 bits per heavy atom. The maximum Gasteiger partial charge on any atom is 0.241 e. The Kier molecular flexibility index (Phi) is 6.47. The molecule has 0 unspecified atom stereocenters. The third kappa shape index (κ3) is 4.39. The number of carbonyl (C=O) groups is 1. The maximum absolute atomic E-state index is 12.8. The maximum atomic E-state index is 12.8. The first-order chi connectivity index (χ1) is 11.0. The molecule has 0 aromatic heterocycles. The van der Waals surface area contributed by atoms with Crippen LogP contribution in [0.5, 0.6) is 5.75 Å². The van der Waals surface area contributed by atoms with Crippen molar-refractivity contribution in [1.82, 2.24) is 10.2 Å². The molecule has 5 heteroatoms. The molecule has 0 saturated carbocycles. The second-order valence-electron chi connectivity index (χ2n) is 6.54. The standard InChI is InChI=1S/C19H22N2O2.Ac/c1-19(2)20-17(12-14-8-10-16(22)11-9-14)18(23)21(19)13-15-6-4-3-5-7-15;/h3-11,17,20,22H,12-13H2,1-2H3;/t17-;/m0./s1. The van der Waals surface area contributed by atoms with Crippen molar-refractivity contribution < 1.29 is 54.0 Å². The van der Waals surface area contributed by atoms with Crippen molar-refractivity contribution in [2.75, 3.05) is 0 Å². The zero-order chi connectivity index (χ0) is 16.4. The first-order valence-electron chi connectivity index (χ1n) is 7.87. The number of nitrogens with zero attached hydrogens (tertiary/aromatic N) is 1. The summed E-state index contributed by atoms with van der Waals surface area (Å²) in [4.78, 5) is 14.7. The van der Waals surface area contributed by atoms with Crippen molar-refractivity contribution in [2.24, 2.45) is 0 Å². The molecular weight excluding hydrogens is 515 g/mol. The Hall–Kier alpha value is -0.888. The Morgan fingerprint density at radius 3 is 2.29 bits per heavy atom. The summed E-state index contributed by atoms with van der Waals surface area (Å²) in [5, 5.41) is 12.8. The van der Waals surface area contributed by atoms with Crippen molar-refractivity contribution in [1.29, 1.82) is 0 Å². The van der Waals surface area contributed by atoms with Gasteiger partial charge in [0.05, 0.1) is 11.7 Å². The van der Waals surface area contributed by atoms with Gasteiger partial charge in [0, 0.05) is 50.6 Å². The van der Waals surface area contributed by atoms with E-state index in [1.807, 2.05) is 61.2 Å². The summed E-state index contributed by atoms with van der Waals surface area (Å²) in [7, 11) is 0. The molecule has 1 fully saturated rings. The Balaban J connectivity index is 0.00000208. The summed E-state index contributed by atoms with van der Waals surface area (Å²) in [5.74, 6) is 0.359. The minimum Gasteiger partial charge on any atom is -0.508 e. The molecule has 3 rings (SSSR count). The summed E-state index contributed by atoms with van der Waals surface area (Å²) in [6.45, 7) is 4.67. The monoisotopic (exact) mass is 537 g/mol. The second-order valence-corrected chi connectivity index (χ2v) is 6.54. The average molecular weight is 537 g/mol. The smallest absolute Gasteiger partial charge is 0.241 e. The number of amides is 1. The van der Waals surface area contributed by atoms with E-state index in [-0.39, 0.29) is 67.4 Å². The minimum absolute atomic E-state index is 0. The zero-order valence-electron chi connectivity index (χ0n) is 14.1. The van der Waals surface area contributed by atoms with Gasteiger partial charge in [-0.1, -0.05) is 42.5 Å². The van der Waals surface area contributed by atoms with Gasteiger partial charge in [0.1, 0.15) is 5.75 Å². The van der Waals surface area contributed by atoms with Gasteiger partial charge in [-0.2, -0.15) is 0 Å². The number of hydrogen-bond donors (Lipinski definition) is 2. The number of aromatic hydroxyl groups is 1. The average Bonchev–Trinajstić information content (AvgIpc) is 2.74. The molecule has 0 bridgehead atoms. The number of hydrogen-bond acceptors (Lipinski definition) is 3. The Labute approximate surface area is 178 Å². The number of phenolic OH excluding ortho intramolecular Hbond substituents is 1. The number of benzene rings is 2. The van der Waals surface area contributed by atoms with Crippen LogP contribution in [-0.4, -0.2) is 27.6 Å². The van der Waals surface area contributed by atoms with Gasteiger partial charge in [0.25, 0.3) is 0 Å². The van der Waals surface area contributed by atoms with E-state index in [2.05, 4.69) is 5.32 Å². The van der Waals surface area contributed by atoms with Crippen LogP contribution in [0, 0.1) is 44.1 Å². The molecule has 1 saturated heterocycles. The first-order valence-corrected chi connectivity index (χ1v) is 7.87. The Bertz CT molecular complexity index is 686. The summed E-state index contributed by atoms with van der Waals surface area (Å²) in [6, 6.07) is 16.8. The van der Waals surface area contributed by atoms with Crippen LogP contribution in [0.15, 0.2) is 54.6 Å². The van der Waals surface area contributed by atoms with Crippen molar-refractivity contribution in [3.05, 3.63) is 65.7 Å². The normalized spacial score (nSPS) is 19.2. The fourth-order valence-corrected chi connectivity index (χ4v) is 3.08. The van der Waals surface area contributed by atoms with Crippen LogP contribution >= 0.6 is 0 Å². The largest absolute Gasteiger partial charge is 0.508 e. The van der Waals surface area contributed by atoms with Crippen LogP contribution in [-0.2, 0) is 17.8 Å². The Morgan fingerprint density at radius 2 is 1.67 bits per heavy atom. The summed E-state index contributed by atoms with van der Waals surface area (Å²) in [6.07, 6.45) is 0.619. The van der Waals surface area contributed by atoms with Crippen LogP contribution in [0.25, 0.3) is 0 Å². The molecular formula is C19H22AcN2O2. The molecule has 2 N–H and O–H groups in total. The van der Waals surface area contributed by atoms with E-state index in [9.17, 15) is 9.90 Å². The molecule has 2 aromatic carbocycles. The van der Waals surface area contributed by atoms with Crippen LogP contribution in [0.2, 0.25) is 0 Å². The number of carbonyl (C=O) groups excluding carboxylic acids is 1. The quantitative estimate of drug-likeness (QED) is 0.631. The fraction of sp³-hybridized carbons (Fsp3) is 0.316. The summed E-state index contributed by atoms with van der Waals surface area (Å²) < 4.78 is 0. The van der Waals surface area contributed by atoms with E-state index in [1.165, 1.54) is 0 Å². The van der Waals surface area contributed by atoms with E-state index in [0.29, 0.717) is 13.0 Å². The molecule has 123 valence electrons. The van der Waals surface area contributed by atoms with Crippen LogP contribution in [0.1, 0.15) is 25.0 Å². The molecule has 4 nitrogen and oxygen atoms in total. The predicted octanol–water partition coefficient (Wildman–Crippen LogP) is 2.67. The molecule has 0 aliphatic carbocycles. The molecule has 1 radical (unpaired) electrons. The van der Waals surface area contributed by atoms with E-state index in [4.69, 9.17) is 0 Å². The molecule has 1 amide bonds. The molecule has 24 heavy (non-hydrogen) atoms. The van der Waals surface area contributed by atoms with Crippen molar-refractivity contribution >= 4 is 5.91 Å². The molecule has 0 spiro atoms. The topological polar surface area (TPSA) is 52.6 Å². The third-order valence-electron chi connectivity index (χ3n) is 4.33. The van der Waals surface area contributed by atoms with Crippen molar-refractivity contribution in [3.8, 4) is 5.75 Å². The predicted molar refractivity (Wildman–Crippen MR) is 89.8 cm³/mol. The van der Waals surface area contributed by atoms with Gasteiger partial charge >= 0.3 is 0 Å². The summed E-state index contributed by atoms with van der Waals surface area (Å²) >= 11 is 0. The second kappa shape index (κ2) is 7.99. The number of phenols is 1. The van der Waals surface area contributed by atoms with Crippen LogP contribution in [0.3, 0.4) is 0 Å². The van der Waals surface area contributed by atoms with Gasteiger partial charge in [-0.25, -0.2) is 0 Å². The van der Waals surface area contributed by atoms with Gasteiger partial charge in [-0.05, 0) is 43.5 Å². The van der Waals surface area contributed by atoms with Crippen LogP contribution < -0.4 is 5.32 Å². The third-order valence-corrected chi connectivity index (χ3v) is 4.33. The zero-order valence-corrected chi connectivity index (χ0v) is 18.8. The van der Waals surface area contributed by atoms with Gasteiger partial charge in [-0.3, -0.25) is 10.1 Å². The van der Waals surface area contributed by atoms with E-state index >= 15 is 0 Å². The van der Waals surface area contributed by atoms with Crippen molar-refractivity contribution in [3.63, 3.8) is 0 Å². The first kappa shape index (κ1) is 19.4. The number of rotatable bonds is 4. The van der Waals surface area contributed by atoms with E-state index in [1.54, 1.807) is 12.1 Å². The summed E-state index contributed by atoms with van der Waals surface area (Å²) in [5.41, 5.74) is 1.78. The van der Waals surface area contributed by atoms with Gasteiger partial charge in [0.15, 0.2) is 0 Å². The minimum atomic E-state index is -0.380. The van der Waals surface area contributed by atoms with E-state index in [0.717, 1.165) is 11.1 Å². The fourth-order valence-electron chi connectivity index (χ4n) is 3.08. The number of nitrogens with one attached hydrogen (secondary N) is 1. The molecule has 1 aliphatic heterocycles. The SMILES string of the molecule is CC1(C)N[C@@H](Cc2ccc(O)cc2)C(=O)N1Cc1ccccc1.[Ac]. The van der Waals surface area contributed by atoms with Crippen LogP contribution in [0.4, 0.5) is 0 Å². The van der Waals surface area contributed by atoms with Gasteiger partial charge < -0.3 is 10.0 Å². The van der Waals surface area contributed by atoms with E-state index < -0.39 is 0 Å².